The van der Waals surface area contributed by atoms with Crippen molar-refractivity contribution in [2.75, 3.05) is 14.1 Å². The van der Waals surface area contributed by atoms with Crippen molar-refractivity contribution in [2.24, 2.45) is 0 Å². The molecule has 0 heterocycles. The van der Waals surface area contributed by atoms with E-state index in [0.717, 1.165) is 0 Å². The number of hydrogen-bond acceptors (Lipinski definition) is 1. The first kappa shape index (κ1) is 8.82. The first-order valence-corrected chi connectivity index (χ1v) is 1.32. The number of hydrogen-bond donors (Lipinski definition) is 0. The third-order valence-electron chi connectivity index (χ3n) is 0.183. The second-order valence-corrected chi connectivity index (χ2v) is 0.986. The van der Waals surface area contributed by atoms with E-state index in [1.165, 1.54) is 4.90 Å². The summed E-state index contributed by atoms with van der Waals surface area (Å²) >= 11 is 0. The van der Waals surface area contributed by atoms with Gasteiger partial charge in [-0.15, -0.1) is 0 Å². The minimum absolute atomic E-state index is 0. The molecule has 0 aromatic carbocycles. The third-order valence-corrected chi connectivity index (χ3v) is 0.183. The summed E-state index contributed by atoms with van der Waals surface area (Å²) in [5.41, 5.74) is 0. The molecular formula is C3H6NORf-. The van der Waals surface area contributed by atoms with Crippen molar-refractivity contribution in [3.05, 3.63) is 0 Å². The van der Waals surface area contributed by atoms with Crippen LogP contribution in [0.25, 0.3) is 0 Å². The van der Waals surface area contributed by atoms with Gasteiger partial charge in [0.25, 0.3) is 0 Å². The van der Waals surface area contributed by atoms with Crippen LogP contribution in [0.3, 0.4) is 0 Å². The van der Waals surface area contributed by atoms with Crippen molar-refractivity contribution in [1.29, 1.82) is 0 Å². The minimum atomic E-state index is 0. The summed E-state index contributed by atoms with van der Waals surface area (Å²) in [4.78, 5) is 10.6. The van der Waals surface area contributed by atoms with Gasteiger partial charge in [0.1, 0.15) is 0 Å². The molecule has 0 rings (SSSR count). The topological polar surface area (TPSA) is 20.3 Å². The Morgan fingerprint density at radius 1 is 1.50 bits per heavy atom. The second kappa shape index (κ2) is 3.47. The van der Waals surface area contributed by atoms with Crippen LogP contribution in [0.2, 0.25) is 0 Å². The minimum Gasteiger partial charge on any atom is -0.522 e. The Morgan fingerprint density at radius 2 is 1.67 bits per heavy atom. The molecule has 0 aliphatic carbocycles. The largest absolute Gasteiger partial charge is 0.522 e. The molecule has 0 aromatic heterocycles. The molecule has 1 amide bonds. The Morgan fingerprint density at radius 3 is 1.67 bits per heavy atom. The van der Waals surface area contributed by atoms with Gasteiger partial charge in [0, 0.05) is 0 Å². The molecule has 0 atom stereocenters. The summed E-state index contributed by atoms with van der Waals surface area (Å²) in [6, 6.07) is 0. The molecule has 0 aliphatic heterocycles. The first-order valence-electron chi connectivity index (χ1n) is 1.32. The summed E-state index contributed by atoms with van der Waals surface area (Å²) in [6.07, 6.45) is 1.61. The van der Waals surface area contributed by atoms with Gasteiger partial charge < -0.3 is 9.69 Å². The van der Waals surface area contributed by atoms with E-state index in [1.807, 2.05) is 0 Å². The molecule has 0 spiro atoms. The molecule has 0 N–H and O–H groups in total. The standard InChI is InChI=1S/C3H6NO.Rf/c1-4(2)3-5;/h1-2H3;/q-1;. The van der Waals surface area contributed by atoms with Gasteiger partial charge in [0.15, 0.2) is 0 Å². The maximum atomic E-state index is 9.31. The fourth-order valence-corrected chi connectivity index (χ4v) is 0. The van der Waals surface area contributed by atoms with Gasteiger partial charge in [-0.25, -0.2) is 0 Å². The summed E-state index contributed by atoms with van der Waals surface area (Å²) in [6.45, 7) is 0. The van der Waals surface area contributed by atoms with Gasteiger partial charge in [-0.2, -0.15) is 6.41 Å². The number of rotatable bonds is 1. The molecule has 0 aliphatic rings. The quantitative estimate of drug-likeness (QED) is 0.471. The Hall–Kier alpha value is -1.53. The van der Waals surface area contributed by atoms with Gasteiger partial charge in [-0.3, -0.25) is 0 Å². The van der Waals surface area contributed by atoms with Crippen LogP contribution in [-0.2, 0) is 4.79 Å². The molecule has 3 heteroatoms. The predicted molar refractivity (Wildman–Crippen MR) is 19.4 cm³/mol. The van der Waals surface area contributed by atoms with Crippen molar-refractivity contribution < 1.29 is 4.79 Å². The van der Waals surface area contributed by atoms with Crippen LogP contribution in [0.4, 0.5) is 0 Å². The van der Waals surface area contributed by atoms with Crippen LogP contribution in [0.5, 0.6) is 0 Å². The maximum absolute atomic E-state index is 9.31. The number of nitrogens with zero attached hydrogens (tertiary/aromatic N) is 1. The molecule has 0 saturated carbocycles. The molecule has 0 bridgehead atoms. The van der Waals surface area contributed by atoms with Crippen molar-refractivity contribution in [3.8, 4) is 0 Å². The van der Waals surface area contributed by atoms with E-state index < -0.39 is 0 Å². The molecule has 0 unspecified atom stereocenters. The van der Waals surface area contributed by atoms with E-state index in [9.17, 15) is 4.79 Å². The average molecular weight is 339 g/mol. The zero-order chi connectivity index (χ0) is 4.28. The monoisotopic (exact) mass is 339 g/mol. The van der Waals surface area contributed by atoms with Crippen LogP contribution >= 0.6 is 0 Å². The summed E-state index contributed by atoms with van der Waals surface area (Å²) in [5.74, 6) is 0. The van der Waals surface area contributed by atoms with Gasteiger partial charge >= 0.3 is 0 Å². The molecule has 0 radical (unpaired) electrons. The average Bonchev–Trinajstić information content (AvgIpc) is 1.38. The maximum Gasteiger partial charge on any atom is 0 e. The van der Waals surface area contributed by atoms with E-state index in [0.29, 0.717) is 0 Å². The molecule has 6 heavy (non-hydrogen) atoms. The van der Waals surface area contributed by atoms with E-state index in [4.69, 9.17) is 0 Å². The SMILES string of the molecule is CN(C)[C-]=O.[Rf]. The fraction of sp³-hybridized carbons (Fsp3) is 0.667. The zero-order valence-electron chi connectivity index (χ0n) is 4.06. The van der Waals surface area contributed by atoms with Gasteiger partial charge in [0.2, 0.25) is 0 Å². The van der Waals surface area contributed by atoms with Gasteiger partial charge in [0.05, 0.1) is 0 Å². The third kappa shape index (κ3) is 24.2. The molecule has 32 valence electrons. The van der Waals surface area contributed by atoms with E-state index >= 15 is 0 Å². The Bertz CT molecular complexity index is 37.8. The van der Waals surface area contributed by atoms with Crippen molar-refractivity contribution in [2.45, 2.75) is 0 Å². The number of amides is 1. The van der Waals surface area contributed by atoms with Crippen LogP contribution in [-0.4, -0.2) is 25.4 Å². The van der Waals surface area contributed by atoms with E-state index in [1.54, 1.807) is 20.5 Å². The Balaban J connectivity index is 0. The van der Waals surface area contributed by atoms with Crippen LogP contribution < -0.4 is 0 Å². The Labute approximate surface area is 31.4 Å². The molecule has 0 fully saturated rings. The van der Waals surface area contributed by atoms with Crippen molar-refractivity contribution in [3.63, 3.8) is 0 Å². The summed E-state index contributed by atoms with van der Waals surface area (Å²) in [7, 11) is 3.26. The number of carbonyl (C=O) groups excluding carboxylic acids is 1. The van der Waals surface area contributed by atoms with Gasteiger partial charge in [-0.1, -0.05) is 0 Å². The zero-order valence-corrected chi connectivity index (χ0v) is 10.5. The normalized spacial score (nSPS) is 5.67. The summed E-state index contributed by atoms with van der Waals surface area (Å²) in [5, 5.41) is 0. The summed E-state index contributed by atoms with van der Waals surface area (Å²) < 4.78 is 0. The van der Waals surface area contributed by atoms with Crippen LogP contribution in [0.1, 0.15) is 0 Å². The molecule has 0 saturated heterocycles. The van der Waals surface area contributed by atoms with Crippen molar-refractivity contribution >= 4 is 6.41 Å². The predicted octanol–water partition coefficient (Wildman–Crippen LogP) is -0.385. The Kier molecular flexibility index (Phi) is 5.10. The van der Waals surface area contributed by atoms with E-state index in [2.05, 4.69) is 0 Å². The molecule has 0 aromatic rings. The van der Waals surface area contributed by atoms with Crippen LogP contribution in [0.15, 0.2) is 0 Å². The van der Waals surface area contributed by atoms with Crippen LogP contribution in [0, 0.1) is 0 Å². The first-order chi connectivity index (χ1) is 2.27. The van der Waals surface area contributed by atoms with Gasteiger partial charge in [-0.05, 0) is 14.1 Å². The molecular weight excluding hydrogens is 333 g/mol. The molecule has 2 nitrogen and oxygen atoms in total. The smallest absolute Gasteiger partial charge is 0 e. The fourth-order valence-electron chi connectivity index (χ4n) is 0. The van der Waals surface area contributed by atoms with E-state index in [-0.39, 0.29) is 0 Å². The van der Waals surface area contributed by atoms with Crippen molar-refractivity contribution in [1.82, 2.24) is 4.90 Å². The second-order valence-electron chi connectivity index (χ2n) is 0.986.